The van der Waals surface area contributed by atoms with Gasteiger partial charge in [0.05, 0.1) is 18.3 Å². The molecule has 1 fully saturated rings. The number of morpholine rings is 1. The Morgan fingerprint density at radius 2 is 2.20 bits per heavy atom. The molecule has 7 heteroatoms. The highest BCUT2D eigenvalue weighted by atomic mass is 32.1. The molecule has 2 aromatic rings. The number of nitrogens with zero attached hydrogens (tertiary/aromatic N) is 2. The molecule has 0 bridgehead atoms. The summed E-state index contributed by atoms with van der Waals surface area (Å²) in [5.41, 5.74) is 2.33. The summed E-state index contributed by atoms with van der Waals surface area (Å²) in [6.07, 6.45) is 5.82. The lowest BCUT2D eigenvalue weighted by Gasteiger charge is -2.36. The highest BCUT2D eigenvalue weighted by Gasteiger charge is 2.30. The van der Waals surface area contributed by atoms with E-state index < -0.39 is 0 Å². The van der Waals surface area contributed by atoms with Crippen molar-refractivity contribution in [1.82, 2.24) is 9.88 Å². The fourth-order valence-electron chi connectivity index (χ4n) is 3.51. The average Bonchev–Trinajstić information content (AvgIpc) is 3.20. The molecule has 2 atom stereocenters. The number of aromatic nitrogens is 1. The van der Waals surface area contributed by atoms with Gasteiger partial charge in [-0.2, -0.15) is 11.3 Å². The van der Waals surface area contributed by atoms with Crippen molar-refractivity contribution in [3.8, 4) is 0 Å². The molecule has 2 aliphatic rings. The quantitative estimate of drug-likeness (QED) is 0.786. The van der Waals surface area contributed by atoms with E-state index in [2.05, 4.69) is 21.7 Å². The number of thiophene rings is 1. The molecule has 1 N–H and O–H groups in total. The molecular weight excluding hydrogens is 354 g/mol. The monoisotopic (exact) mass is 377 g/mol. The number of carbonyl (C=O) groups is 1. The van der Waals surface area contributed by atoms with E-state index in [0.717, 1.165) is 23.5 Å². The normalized spacial score (nSPS) is 23.8. The molecule has 4 rings (SSSR count). The van der Waals surface area contributed by atoms with Crippen LogP contribution in [-0.2, 0) is 17.6 Å². The number of amides is 2. The van der Waals surface area contributed by atoms with Crippen LogP contribution in [0.15, 0.2) is 16.8 Å². The first-order valence-electron chi connectivity index (χ1n) is 8.91. The van der Waals surface area contributed by atoms with Gasteiger partial charge in [0.2, 0.25) is 0 Å². The summed E-state index contributed by atoms with van der Waals surface area (Å²) >= 11 is 3.30. The highest BCUT2D eigenvalue weighted by Crippen LogP contribution is 2.30. The maximum Gasteiger partial charge on any atom is 0.323 e. The lowest BCUT2D eigenvalue weighted by atomic mass is 10.1. The van der Waals surface area contributed by atoms with Crippen LogP contribution in [0.3, 0.4) is 0 Å². The first-order chi connectivity index (χ1) is 12.2. The fraction of sp³-hybridized carbons (Fsp3) is 0.556. The lowest BCUT2D eigenvalue weighted by Crippen LogP contribution is -2.47. The SMILES string of the molecule is CC1CN(C(=O)Nc2nc3c(s2)CCCCC3)CC(c2ccsc2)O1. The van der Waals surface area contributed by atoms with Gasteiger partial charge in [-0.25, -0.2) is 9.78 Å². The van der Waals surface area contributed by atoms with E-state index in [4.69, 9.17) is 4.74 Å². The molecule has 2 unspecified atom stereocenters. The first-order valence-corrected chi connectivity index (χ1v) is 10.7. The van der Waals surface area contributed by atoms with Crippen LogP contribution < -0.4 is 5.32 Å². The Labute approximate surface area is 156 Å². The summed E-state index contributed by atoms with van der Waals surface area (Å²) in [5.74, 6) is 0. The summed E-state index contributed by atoms with van der Waals surface area (Å²) in [6.45, 7) is 3.21. The van der Waals surface area contributed by atoms with Gasteiger partial charge in [0.15, 0.2) is 5.13 Å². The van der Waals surface area contributed by atoms with Crippen molar-refractivity contribution in [2.75, 3.05) is 18.4 Å². The molecule has 5 nitrogen and oxygen atoms in total. The van der Waals surface area contributed by atoms with Gasteiger partial charge in [0.1, 0.15) is 6.10 Å². The fourth-order valence-corrected chi connectivity index (χ4v) is 5.25. The van der Waals surface area contributed by atoms with Crippen molar-refractivity contribution in [2.24, 2.45) is 0 Å². The third-order valence-corrected chi connectivity index (χ3v) is 6.55. The molecule has 1 aliphatic carbocycles. The van der Waals surface area contributed by atoms with Crippen molar-refractivity contribution in [1.29, 1.82) is 0 Å². The van der Waals surface area contributed by atoms with E-state index in [1.165, 1.54) is 29.8 Å². The Morgan fingerprint density at radius 3 is 3.04 bits per heavy atom. The van der Waals surface area contributed by atoms with Crippen molar-refractivity contribution in [3.05, 3.63) is 33.0 Å². The zero-order valence-corrected chi connectivity index (χ0v) is 16.0. The predicted octanol–water partition coefficient (Wildman–Crippen LogP) is 4.47. The molecular formula is C18H23N3O2S2. The molecule has 0 spiro atoms. The second kappa shape index (κ2) is 7.43. The maximum absolute atomic E-state index is 12.7. The minimum atomic E-state index is -0.0701. The standard InChI is InChI=1S/C18H23N3O2S2/c1-12-9-21(10-15(23-12)13-7-8-24-11-13)18(22)20-17-19-14-5-3-2-4-6-16(14)25-17/h7-8,11-12,15H,2-6,9-10H2,1H3,(H,19,20,22). The Kier molecular flexibility index (Phi) is 5.05. The number of nitrogens with one attached hydrogen (secondary N) is 1. The lowest BCUT2D eigenvalue weighted by molar-refractivity contribution is -0.0640. The highest BCUT2D eigenvalue weighted by molar-refractivity contribution is 7.15. The van der Waals surface area contributed by atoms with Crippen LogP contribution in [0.25, 0.3) is 0 Å². The van der Waals surface area contributed by atoms with Crippen LogP contribution in [0.2, 0.25) is 0 Å². The van der Waals surface area contributed by atoms with E-state index in [9.17, 15) is 4.79 Å². The number of thiazole rings is 1. The number of aryl methyl sites for hydroxylation is 2. The molecule has 25 heavy (non-hydrogen) atoms. The van der Waals surface area contributed by atoms with Gasteiger partial charge in [-0.1, -0.05) is 6.42 Å². The number of hydrogen-bond donors (Lipinski definition) is 1. The average molecular weight is 378 g/mol. The Bertz CT molecular complexity index is 705. The number of anilines is 1. The molecule has 2 aromatic heterocycles. The largest absolute Gasteiger partial charge is 0.367 e. The van der Waals surface area contributed by atoms with Crippen LogP contribution in [0.5, 0.6) is 0 Å². The van der Waals surface area contributed by atoms with Crippen LogP contribution in [-0.4, -0.2) is 35.1 Å². The van der Waals surface area contributed by atoms with Crippen LogP contribution in [0.1, 0.15) is 48.4 Å². The van der Waals surface area contributed by atoms with Crippen molar-refractivity contribution in [3.63, 3.8) is 0 Å². The van der Waals surface area contributed by atoms with Gasteiger partial charge in [-0.3, -0.25) is 5.32 Å². The zero-order chi connectivity index (χ0) is 17.2. The zero-order valence-electron chi connectivity index (χ0n) is 14.4. The summed E-state index contributed by atoms with van der Waals surface area (Å²) in [7, 11) is 0. The summed E-state index contributed by atoms with van der Waals surface area (Å²) in [6, 6.07) is 2.00. The number of hydrogen-bond acceptors (Lipinski definition) is 5. The van der Waals surface area contributed by atoms with Crippen molar-refractivity contribution < 1.29 is 9.53 Å². The summed E-state index contributed by atoms with van der Waals surface area (Å²) in [5, 5.41) is 7.90. The maximum atomic E-state index is 12.7. The summed E-state index contributed by atoms with van der Waals surface area (Å²) < 4.78 is 6.01. The number of fused-ring (bicyclic) bond motifs is 1. The van der Waals surface area contributed by atoms with Gasteiger partial charge in [0, 0.05) is 11.4 Å². The molecule has 3 heterocycles. The van der Waals surface area contributed by atoms with Gasteiger partial charge in [0.25, 0.3) is 0 Å². The molecule has 0 aromatic carbocycles. The molecule has 134 valence electrons. The Morgan fingerprint density at radius 1 is 1.32 bits per heavy atom. The second-order valence-electron chi connectivity index (χ2n) is 6.78. The number of urea groups is 1. The van der Waals surface area contributed by atoms with Gasteiger partial charge in [-0.15, -0.1) is 11.3 Å². The van der Waals surface area contributed by atoms with Crippen molar-refractivity contribution >= 4 is 33.8 Å². The first kappa shape index (κ1) is 17.0. The smallest absolute Gasteiger partial charge is 0.323 e. The van der Waals surface area contributed by atoms with Gasteiger partial charge in [-0.05, 0) is 55.0 Å². The van der Waals surface area contributed by atoms with E-state index in [1.54, 1.807) is 22.7 Å². The number of ether oxygens (including phenoxy) is 1. The Balaban J connectivity index is 1.43. The Hall–Kier alpha value is -1.44. The molecule has 1 saturated heterocycles. The van der Waals surface area contributed by atoms with E-state index in [0.29, 0.717) is 13.1 Å². The van der Waals surface area contributed by atoms with E-state index >= 15 is 0 Å². The van der Waals surface area contributed by atoms with E-state index in [-0.39, 0.29) is 18.2 Å². The van der Waals surface area contributed by atoms with E-state index in [1.807, 2.05) is 17.2 Å². The third-order valence-electron chi connectivity index (χ3n) is 4.77. The molecule has 0 saturated carbocycles. The molecule has 2 amide bonds. The summed E-state index contributed by atoms with van der Waals surface area (Å²) in [4.78, 5) is 20.6. The van der Waals surface area contributed by atoms with Gasteiger partial charge >= 0.3 is 6.03 Å². The topological polar surface area (TPSA) is 54.5 Å². The predicted molar refractivity (Wildman–Crippen MR) is 102 cm³/mol. The van der Waals surface area contributed by atoms with Crippen LogP contribution >= 0.6 is 22.7 Å². The number of carbonyl (C=O) groups excluding carboxylic acids is 1. The van der Waals surface area contributed by atoms with Crippen molar-refractivity contribution in [2.45, 2.75) is 51.2 Å². The van der Waals surface area contributed by atoms with Gasteiger partial charge < -0.3 is 9.64 Å². The molecule has 0 radical (unpaired) electrons. The number of rotatable bonds is 2. The van der Waals surface area contributed by atoms with Crippen LogP contribution in [0, 0.1) is 0 Å². The second-order valence-corrected chi connectivity index (χ2v) is 8.64. The molecule has 1 aliphatic heterocycles. The minimum Gasteiger partial charge on any atom is -0.367 e. The minimum absolute atomic E-state index is 0.0254. The third kappa shape index (κ3) is 3.88. The van der Waals surface area contributed by atoms with Crippen LogP contribution in [0.4, 0.5) is 9.93 Å².